The standard InChI is InChI=1S/C16H26N2O3/c1-12(2)11-18(7-5-6-17)16(19)13-8-14(20-3)10-15(9-13)21-4/h8-10,12H,5-7,11,17H2,1-4H3. The molecule has 0 atom stereocenters. The highest BCUT2D eigenvalue weighted by molar-refractivity contribution is 5.95. The Morgan fingerprint density at radius 1 is 1.19 bits per heavy atom. The van der Waals surface area contributed by atoms with Gasteiger partial charge in [-0.25, -0.2) is 0 Å². The summed E-state index contributed by atoms with van der Waals surface area (Å²) in [7, 11) is 3.15. The molecule has 1 rings (SSSR count). The van der Waals surface area contributed by atoms with Gasteiger partial charge in [-0.15, -0.1) is 0 Å². The SMILES string of the molecule is COc1cc(OC)cc(C(=O)N(CCCN)CC(C)C)c1. The minimum Gasteiger partial charge on any atom is -0.497 e. The number of nitrogens with two attached hydrogens (primary N) is 1. The molecule has 0 saturated carbocycles. The van der Waals surface area contributed by atoms with E-state index in [0.717, 1.165) is 6.42 Å². The first kappa shape index (κ1) is 17.3. The molecule has 0 bridgehead atoms. The maximum atomic E-state index is 12.7. The summed E-state index contributed by atoms with van der Waals surface area (Å²) < 4.78 is 10.4. The number of hydrogen-bond acceptors (Lipinski definition) is 4. The Balaban J connectivity index is 3.00. The van der Waals surface area contributed by atoms with E-state index in [1.807, 2.05) is 4.90 Å². The Morgan fingerprint density at radius 3 is 2.19 bits per heavy atom. The van der Waals surface area contributed by atoms with E-state index >= 15 is 0 Å². The first-order chi connectivity index (χ1) is 10.0. The lowest BCUT2D eigenvalue weighted by Gasteiger charge is -2.25. The molecule has 0 radical (unpaired) electrons. The second-order valence-corrected chi connectivity index (χ2v) is 5.39. The Hall–Kier alpha value is -1.75. The topological polar surface area (TPSA) is 64.8 Å². The number of carbonyl (C=O) groups excluding carboxylic acids is 1. The number of ether oxygens (including phenoxy) is 2. The van der Waals surface area contributed by atoms with Crippen LogP contribution in [0.3, 0.4) is 0 Å². The van der Waals surface area contributed by atoms with Crippen LogP contribution < -0.4 is 15.2 Å². The monoisotopic (exact) mass is 294 g/mol. The molecule has 0 saturated heterocycles. The van der Waals surface area contributed by atoms with Crippen LogP contribution in [0, 0.1) is 5.92 Å². The average molecular weight is 294 g/mol. The Labute approximate surface area is 127 Å². The normalized spacial score (nSPS) is 10.6. The van der Waals surface area contributed by atoms with Crippen LogP contribution in [0.2, 0.25) is 0 Å². The molecule has 5 heteroatoms. The van der Waals surface area contributed by atoms with Gasteiger partial charge in [0.25, 0.3) is 5.91 Å². The van der Waals surface area contributed by atoms with Crippen molar-refractivity contribution in [2.75, 3.05) is 33.9 Å². The van der Waals surface area contributed by atoms with E-state index < -0.39 is 0 Å². The zero-order chi connectivity index (χ0) is 15.8. The average Bonchev–Trinajstić information content (AvgIpc) is 2.49. The number of amides is 1. The highest BCUT2D eigenvalue weighted by atomic mass is 16.5. The summed E-state index contributed by atoms with van der Waals surface area (Å²) >= 11 is 0. The zero-order valence-corrected chi connectivity index (χ0v) is 13.4. The molecule has 21 heavy (non-hydrogen) atoms. The van der Waals surface area contributed by atoms with Crippen molar-refractivity contribution in [2.24, 2.45) is 11.7 Å². The molecule has 2 N–H and O–H groups in total. The van der Waals surface area contributed by atoms with E-state index in [9.17, 15) is 4.79 Å². The van der Waals surface area contributed by atoms with Crippen LogP contribution in [0.4, 0.5) is 0 Å². The molecule has 1 amide bonds. The fourth-order valence-electron chi connectivity index (χ4n) is 2.11. The van der Waals surface area contributed by atoms with Crippen molar-refractivity contribution in [3.8, 4) is 11.5 Å². The number of carbonyl (C=O) groups is 1. The molecule has 0 aliphatic rings. The van der Waals surface area contributed by atoms with Gasteiger partial charge in [0.15, 0.2) is 0 Å². The molecule has 0 aromatic heterocycles. The summed E-state index contributed by atoms with van der Waals surface area (Å²) in [5.41, 5.74) is 6.13. The van der Waals surface area contributed by atoms with Crippen LogP contribution in [0.25, 0.3) is 0 Å². The lowest BCUT2D eigenvalue weighted by atomic mass is 10.1. The van der Waals surface area contributed by atoms with Crippen molar-refractivity contribution >= 4 is 5.91 Å². The summed E-state index contributed by atoms with van der Waals surface area (Å²) in [6, 6.07) is 5.23. The van der Waals surface area contributed by atoms with Gasteiger partial charge in [-0.1, -0.05) is 13.8 Å². The molecule has 0 spiro atoms. The number of hydrogen-bond donors (Lipinski definition) is 1. The quantitative estimate of drug-likeness (QED) is 0.798. The Morgan fingerprint density at radius 2 is 1.76 bits per heavy atom. The molecule has 0 unspecified atom stereocenters. The van der Waals surface area contributed by atoms with E-state index in [2.05, 4.69) is 13.8 Å². The van der Waals surface area contributed by atoms with Gasteiger partial charge in [0, 0.05) is 24.7 Å². The third kappa shape index (κ3) is 5.27. The van der Waals surface area contributed by atoms with Crippen molar-refractivity contribution in [2.45, 2.75) is 20.3 Å². The van der Waals surface area contributed by atoms with Gasteiger partial charge in [0.05, 0.1) is 14.2 Å². The molecule has 0 aliphatic heterocycles. The van der Waals surface area contributed by atoms with Crippen molar-refractivity contribution in [3.05, 3.63) is 23.8 Å². The van der Waals surface area contributed by atoms with Crippen molar-refractivity contribution < 1.29 is 14.3 Å². The summed E-state index contributed by atoms with van der Waals surface area (Å²) in [4.78, 5) is 14.5. The number of rotatable bonds is 8. The summed E-state index contributed by atoms with van der Waals surface area (Å²) in [5, 5.41) is 0. The summed E-state index contributed by atoms with van der Waals surface area (Å²) in [6.45, 7) is 6.12. The molecule has 1 aromatic rings. The van der Waals surface area contributed by atoms with Crippen LogP contribution in [0.5, 0.6) is 11.5 Å². The summed E-state index contributed by atoms with van der Waals surface area (Å²) in [5.74, 6) is 1.61. The second-order valence-electron chi connectivity index (χ2n) is 5.39. The first-order valence-corrected chi connectivity index (χ1v) is 7.24. The van der Waals surface area contributed by atoms with Crippen molar-refractivity contribution in [1.82, 2.24) is 4.90 Å². The predicted molar refractivity (Wildman–Crippen MR) is 84.0 cm³/mol. The Bertz CT molecular complexity index is 439. The van der Waals surface area contributed by atoms with Crippen molar-refractivity contribution in [3.63, 3.8) is 0 Å². The fourth-order valence-corrected chi connectivity index (χ4v) is 2.11. The van der Waals surface area contributed by atoms with Crippen LogP contribution in [0.1, 0.15) is 30.6 Å². The van der Waals surface area contributed by atoms with Crippen LogP contribution >= 0.6 is 0 Å². The second kappa shape index (κ2) is 8.52. The molecule has 5 nitrogen and oxygen atoms in total. The van der Waals surface area contributed by atoms with Gasteiger partial charge in [-0.2, -0.15) is 0 Å². The van der Waals surface area contributed by atoms with Gasteiger partial charge in [-0.3, -0.25) is 4.79 Å². The first-order valence-electron chi connectivity index (χ1n) is 7.24. The molecule has 0 heterocycles. The molecule has 0 fully saturated rings. The maximum Gasteiger partial charge on any atom is 0.254 e. The fraction of sp³-hybridized carbons (Fsp3) is 0.562. The number of benzene rings is 1. The third-order valence-corrected chi connectivity index (χ3v) is 3.10. The van der Waals surface area contributed by atoms with E-state index in [1.165, 1.54) is 0 Å². The van der Waals surface area contributed by atoms with Gasteiger partial charge >= 0.3 is 0 Å². The van der Waals surface area contributed by atoms with E-state index in [0.29, 0.717) is 42.6 Å². The van der Waals surface area contributed by atoms with E-state index in [4.69, 9.17) is 15.2 Å². The number of methoxy groups -OCH3 is 2. The molecule has 1 aromatic carbocycles. The van der Waals surface area contributed by atoms with Crippen molar-refractivity contribution in [1.29, 1.82) is 0 Å². The Kier molecular flexibility index (Phi) is 7.02. The van der Waals surface area contributed by atoms with Gasteiger partial charge < -0.3 is 20.1 Å². The molecular formula is C16H26N2O3. The van der Waals surface area contributed by atoms with Crippen LogP contribution in [-0.4, -0.2) is 44.7 Å². The maximum absolute atomic E-state index is 12.7. The largest absolute Gasteiger partial charge is 0.497 e. The third-order valence-electron chi connectivity index (χ3n) is 3.10. The van der Waals surface area contributed by atoms with E-state index in [-0.39, 0.29) is 5.91 Å². The van der Waals surface area contributed by atoms with Crippen LogP contribution in [0.15, 0.2) is 18.2 Å². The smallest absolute Gasteiger partial charge is 0.254 e. The highest BCUT2D eigenvalue weighted by Crippen LogP contribution is 2.23. The van der Waals surface area contributed by atoms with Gasteiger partial charge in [0.1, 0.15) is 11.5 Å². The van der Waals surface area contributed by atoms with Gasteiger partial charge in [0.2, 0.25) is 0 Å². The minimum absolute atomic E-state index is 0.0191. The minimum atomic E-state index is -0.0191. The molecule has 118 valence electrons. The van der Waals surface area contributed by atoms with Gasteiger partial charge in [-0.05, 0) is 31.0 Å². The van der Waals surface area contributed by atoms with E-state index in [1.54, 1.807) is 32.4 Å². The zero-order valence-electron chi connectivity index (χ0n) is 13.4. The van der Waals surface area contributed by atoms with Crippen LogP contribution in [-0.2, 0) is 0 Å². The molecular weight excluding hydrogens is 268 g/mol. The summed E-state index contributed by atoms with van der Waals surface area (Å²) in [6.07, 6.45) is 0.791. The lowest BCUT2D eigenvalue weighted by Crippen LogP contribution is -2.35. The lowest BCUT2D eigenvalue weighted by molar-refractivity contribution is 0.0734. The number of nitrogens with zero attached hydrogens (tertiary/aromatic N) is 1. The highest BCUT2D eigenvalue weighted by Gasteiger charge is 2.18. The molecule has 0 aliphatic carbocycles. The predicted octanol–water partition coefficient (Wildman–Crippen LogP) is 2.15.